The number of para-hydroxylation sites is 1. The van der Waals surface area contributed by atoms with Crippen molar-refractivity contribution in [3.8, 4) is 5.75 Å². The van der Waals surface area contributed by atoms with Gasteiger partial charge in [-0.15, -0.1) is 0 Å². The zero-order chi connectivity index (χ0) is 25.4. The second-order valence-corrected chi connectivity index (χ2v) is 9.93. The monoisotopic (exact) mass is 491 g/mol. The molecule has 8 heteroatoms. The first-order chi connectivity index (χ1) is 17.4. The Labute approximate surface area is 210 Å². The molecule has 0 saturated heterocycles. The van der Waals surface area contributed by atoms with Gasteiger partial charge in [-0.25, -0.2) is 9.78 Å². The van der Waals surface area contributed by atoms with Crippen LogP contribution in [0.2, 0.25) is 0 Å². The zero-order valence-corrected chi connectivity index (χ0v) is 21.0. The molecule has 1 aliphatic carbocycles. The Kier molecular flexibility index (Phi) is 6.60. The van der Waals surface area contributed by atoms with Crippen LogP contribution in [0.4, 0.5) is 10.5 Å². The van der Waals surface area contributed by atoms with E-state index < -0.39 is 5.97 Å². The molecule has 4 atom stereocenters. The van der Waals surface area contributed by atoms with Crippen LogP contribution in [0.1, 0.15) is 69.5 Å². The molecular weight excluding hydrogens is 458 g/mol. The number of carboxylic acid groups (broad SMARTS) is 1. The van der Waals surface area contributed by atoms with Crippen molar-refractivity contribution >= 4 is 28.8 Å². The average Bonchev–Trinajstić information content (AvgIpc) is 3.29. The molecule has 1 aromatic heterocycles. The van der Waals surface area contributed by atoms with Gasteiger partial charge in [-0.05, 0) is 70.2 Å². The van der Waals surface area contributed by atoms with Crippen LogP contribution >= 0.6 is 0 Å². The SMILES string of the molecule is COC(=O)N1c2ccc3c(nc([C@@H](C)Oc4ccccc4)n3[C@@H]3CCC[C@@H](C(=O)O)C3)c2CCC1C. The number of methoxy groups -OCH3 is 1. The smallest absolute Gasteiger partial charge is 0.414 e. The average molecular weight is 492 g/mol. The maximum Gasteiger partial charge on any atom is 0.414 e. The van der Waals surface area contributed by atoms with Crippen molar-refractivity contribution < 1.29 is 24.2 Å². The molecule has 5 rings (SSSR count). The lowest BCUT2D eigenvalue weighted by atomic mass is 9.85. The van der Waals surface area contributed by atoms with E-state index >= 15 is 0 Å². The molecule has 3 aromatic rings. The molecule has 1 fully saturated rings. The maximum atomic E-state index is 12.6. The van der Waals surface area contributed by atoms with E-state index in [9.17, 15) is 14.7 Å². The molecular formula is C28H33N3O5. The second kappa shape index (κ2) is 9.84. The molecule has 1 saturated carbocycles. The van der Waals surface area contributed by atoms with Gasteiger partial charge in [0.05, 0.1) is 29.7 Å². The number of carboxylic acids is 1. The fraction of sp³-hybridized carbons (Fsp3) is 0.464. The lowest BCUT2D eigenvalue weighted by molar-refractivity contribution is -0.143. The summed E-state index contributed by atoms with van der Waals surface area (Å²) in [5.74, 6) is 0.428. The predicted molar refractivity (Wildman–Crippen MR) is 137 cm³/mol. The summed E-state index contributed by atoms with van der Waals surface area (Å²) in [6.45, 7) is 4.01. The molecule has 0 spiro atoms. The summed E-state index contributed by atoms with van der Waals surface area (Å²) in [7, 11) is 1.40. The number of carbonyl (C=O) groups excluding carboxylic acids is 1. The van der Waals surface area contributed by atoms with E-state index in [-0.39, 0.29) is 30.2 Å². The number of nitrogens with zero attached hydrogens (tertiary/aromatic N) is 3. The molecule has 36 heavy (non-hydrogen) atoms. The van der Waals surface area contributed by atoms with Crippen molar-refractivity contribution in [1.82, 2.24) is 9.55 Å². The minimum atomic E-state index is -0.737. The summed E-state index contributed by atoms with van der Waals surface area (Å²) < 4.78 is 13.6. The number of fused-ring (bicyclic) bond motifs is 3. The first-order valence-electron chi connectivity index (χ1n) is 12.7. The fourth-order valence-corrected chi connectivity index (χ4v) is 5.84. The van der Waals surface area contributed by atoms with Gasteiger partial charge in [-0.2, -0.15) is 0 Å². The quantitative estimate of drug-likeness (QED) is 0.478. The molecule has 1 aliphatic heterocycles. The van der Waals surface area contributed by atoms with Crippen molar-refractivity contribution in [2.24, 2.45) is 5.92 Å². The summed E-state index contributed by atoms with van der Waals surface area (Å²) in [6.07, 6.45) is 3.90. The third kappa shape index (κ3) is 4.29. The molecule has 0 bridgehead atoms. The Morgan fingerprint density at radius 3 is 2.61 bits per heavy atom. The number of hydrogen-bond donors (Lipinski definition) is 1. The second-order valence-electron chi connectivity index (χ2n) is 9.93. The number of ether oxygens (including phenoxy) is 2. The number of hydrogen-bond acceptors (Lipinski definition) is 5. The Bertz CT molecular complexity index is 1270. The van der Waals surface area contributed by atoms with E-state index in [2.05, 4.69) is 4.57 Å². The minimum absolute atomic E-state index is 0.0129. The van der Waals surface area contributed by atoms with Gasteiger partial charge in [-0.3, -0.25) is 9.69 Å². The van der Waals surface area contributed by atoms with Gasteiger partial charge < -0.3 is 19.1 Å². The number of benzene rings is 2. The standard InChI is InChI=1S/C28H33N3O5/c1-17-12-13-22-23(30(17)28(34)35-3)14-15-24-25(22)29-26(18(2)36-21-10-5-4-6-11-21)31(24)20-9-7-8-19(16-20)27(32)33/h4-6,10-11,14-15,17-20H,7-9,12-13,16H2,1-3H3,(H,32,33)/t17?,18-,19-,20-/m1/s1. The fourth-order valence-electron chi connectivity index (χ4n) is 5.84. The highest BCUT2D eigenvalue weighted by atomic mass is 16.5. The van der Waals surface area contributed by atoms with Gasteiger partial charge in [0.2, 0.25) is 0 Å². The largest absolute Gasteiger partial charge is 0.483 e. The topological polar surface area (TPSA) is 93.9 Å². The third-order valence-electron chi connectivity index (χ3n) is 7.63. The molecule has 2 aliphatic rings. The Balaban J connectivity index is 1.64. The molecule has 2 aromatic carbocycles. The molecule has 8 nitrogen and oxygen atoms in total. The first-order valence-corrected chi connectivity index (χ1v) is 12.7. The van der Waals surface area contributed by atoms with Gasteiger partial charge in [0.1, 0.15) is 5.75 Å². The number of rotatable bonds is 5. The van der Waals surface area contributed by atoms with Crippen molar-refractivity contribution in [2.75, 3.05) is 12.0 Å². The van der Waals surface area contributed by atoms with Gasteiger partial charge in [-0.1, -0.05) is 24.6 Å². The van der Waals surface area contributed by atoms with Gasteiger partial charge >= 0.3 is 12.1 Å². The van der Waals surface area contributed by atoms with Crippen LogP contribution in [0.3, 0.4) is 0 Å². The van der Waals surface area contributed by atoms with Crippen molar-refractivity contribution in [3.05, 3.63) is 53.9 Å². The lowest BCUT2D eigenvalue weighted by Crippen LogP contribution is -2.42. The number of aryl methyl sites for hydroxylation is 1. The van der Waals surface area contributed by atoms with Crippen molar-refractivity contribution in [3.63, 3.8) is 0 Å². The summed E-state index contributed by atoms with van der Waals surface area (Å²) >= 11 is 0. The van der Waals surface area contributed by atoms with Crippen LogP contribution in [0.15, 0.2) is 42.5 Å². The number of anilines is 1. The Hall–Kier alpha value is -3.55. The Morgan fingerprint density at radius 1 is 1.11 bits per heavy atom. The van der Waals surface area contributed by atoms with Crippen LogP contribution < -0.4 is 9.64 Å². The lowest BCUT2D eigenvalue weighted by Gasteiger charge is -2.34. The van der Waals surface area contributed by atoms with Crippen LogP contribution in [0.25, 0.3) is 11.0 Å². The maximum absolute atomic E-state index is 12.6. The van der Waals surface area contributed by atoms with Crippen molar-refractivity contribution in [2.45, 2.75) is 70.6 Å². The molecule has 1 amide bonds. The molecule has 1 N–H and O–H groups in total. The van der Waals surface area contributed by atoms with E-state index in [0.717, 1.165) is 59.5 Å². The summed E-state index contributed by atoms with van der Waals surface area (Å²) in [6, 6.07) is 13.7. The summed E-state index contributed by atoms with van der Waals surface area (Å²) in [4.78, 5) is 31.3. The van der Waals surface area contributed by atoms with Crippen LogP contribution in [0.5, 0.6) is 5.75 Å². The van der Waals surface area contributed by atoms with Crippen molar-refractivity contribution in [1.29, 1.82) is 0 Å². The van der Waals surface area contributed by atoms with Gasteiger partial charge in [0.15, 0.2) is 11.9 Å². The van der Waals surface area contributed by atoms with E-state index in [1.54, 1.807) is 4.90 Å². The van der Waals surface area contributed by atoms with E-state index in [1.165, 1.54) is 7.11 Å². The van der Waals surface area contributed by atoms with Crippen LogP contribution in [-0.2, 0) is 16.0 Å². The Morgan fingerprint density at radius 2 is 1.89 bits per heavy atom. The highest BCUT2D eigenvalue weighted by Crippen LogP contribution is 2.42. The number of aliphatic carboxylic acids is 1. The summed E-state index contributed by atoms with van der Waals surface area (Å²) in [5.41, 5.74) is 3.66. The van der Waals surface area contributed by atoms with Crippen LogP contribution in [-0.4, -0.2) is 39.9 Å². The predicted octanol–water partition coefficient (Wildman–Crippen LogP) is 5.90. The van der Waals surface area contributed by atoms with E-state index in [0.29, 0.717) is 12.8 Å². The normalized spacial score (nSPS) is 22.6. The number of amides is 1. The number of imidazole rings is 1. The summed E-state index contributed by atoms with van der Waals surface area (Å²) in [5, 5.41) is 9.73. The van der Waals surface area contributed by atoms with E-state index in [4.69, 9.17) is 14.5 Å². The van der Waals surface area contributed by atoms with E-state index in [1.807, 2.05) is 56.3 Å². The molecule has 1 unspecified atom stereocenters. The zero-order valence-electron chi connectivity index (χ0n) is 21.0. The van der Waals surface area contributed by atoms with Crippen LogP contribution in [0, 0.1) is 5.92 Å². The number of aromatic nitrogens is 2. The molecule has 0 radical (unpaired) electrons. The minimum Gasteiger partial charge on any atom is -0.483 e. The number of carbonyl (C=O) groups is 2. The molecule has 190 valence electrons. The molecule has 2 heterocycles. The third-order valence-corrected chi connectivity index (χ3v) is 7.63. The van der Waals surface area contributed by atoms with Gasteiger partial charge in [0.25, 0.3) is 0 Å². The highest BCUT2D eigenvalue weighted by molar-refractivity contribution is 5.95. The van der Waals surface area contributed by atoms with Gasteiger partial charge in [0, 0.05) is 17.6 Å². The first kappa shape index (κ1) is 24.2. The highest BCUT2D eigenvalue weighted by Gasteiger charge is 2.35.